The number of rotatable bonds is 11. The van der Waals surface area contributed by atoms with Gasteiger partial charge in [0, 0.05) is 30.6 Å². The molecule has 0 radical (unpaired) electrons. The summed E-state index contributed by atoms with van der Waals surface area (Å²) in [5, 5.41) is 0. The van der Waals surface area contributed by atoms with E-state index in [0.717, 1.165) is 5.57 Å². The van der Waals surface area contributed by atoms with Crippen LogP contribution in [0.5, 0.6) is 0 Å². The molecule has 6 nitrogen and oxygen atoms in total. The van der Waals surface area contributed by atoms with Gasteiger partial charge in [0.2, 0.25) is 0 Å². The van der Waals surface area contributed by atoms with Crippen LogP contribution in [0.15, 0.2) is 42.0 Å². The molecule has 5 atom stereocenters. The molecule has 0 aromatic heterocycles. The van der Waals surface area contributed by atoms with Crippen LogP contribution in [0.2, 0.25) is 0 Å². The van der Waals surface area contributed by atoms with Gasteiger partial charge < -0.3 is 9.47 Å². The molecule has 1 aliphatic carbocycles. The maximum atomic E-state index is 13.2. The van der Waals surface area contributed by atoms with E-state index in [4.69, 9.17) is 9.47 Å². The molecule has 0 amide bonds. The molecule has 1 aromatic carbocycles. The fourth-order valence-corrected chi connectivity index (χ4v) is 4.99. The first-order chi connectivity index (χ1) is 15.9. The fraction of sp³-hybridized carbons (Fsp3) is 0.571. The summed E-state index contributed by atoms with van der Waals surface area (Å²) in [5.41, 5.74) is 0.548. The molecular formula is C28H38O6. The SMILES string of the molecule is CC(=O)OC[C@H](C)CCC(=O)[C@@H](C)[C@H]1C(=O)C=C(C(C)C)[C@]1(C)[C@@H](C)OC(=O)c1ccccc1. The molecule has 6 heteroatoms. The lowest BCUT2D eigenvalue weighted by Crippen LogP contribution is -2.46. The molecule has 0 unspecified atom stereocenters. The average Bonchev–Trinajstić information content (AvgIpc) is 3.07. The van der Waals surface area contributed by atoms with Gasteiger partial charge >= 0.3 is 11.9 Å². The summed E-state index contributed by atoms with van der Waals surface area (Å²) < 4.78 is 10.9. The highest BCUT2D eigenvalue weighted by Crippen LogP contribution is 2.52. The smallest absolute Gasteiger partial charge is 0.338 e. The van der Waals surface area contributed by atoms with Gasteiger partial charge in [-0.15, -0.1) is 0 Å². The van der Waals surface area contributed by atoms with Crippen LogP contribution < -0.4 is 0 Å². The summed E-state index contributed by atoms with van der Waals surface area (Å²) in [4.78, 5) is 50.2. The molecule has 34 heavy (non-hydrogen) atoms. The van der Waals surface area contributed by atoms with E-state index in [-0.39, 0.29) is 36.0 Å². The summed E-state index contributed by atoms with van der Waals surface area (Å²) in [6.45, 7) is 13.1. The van der Waals surface area contributed by atoms with Crippen LogP contribution in [0.1, 0.15) is 71.7 Å². The van der Waals surface area contributed by atoms with Crippen LogP contribution in [0.4, 0.5) is 0 Å². The molecule has 0 saturated carbocycles. The number of hydrogen-bond donors (Lipinski definition) is 0. The second-order valence-corrected chi connectivity index (χ2v) is 10.0. The van der Waals surface area contributed by atoms with Crippen molar-refractivity contribution < 1.29 is 28.7 Å². The van der Waals surface area contributed by atoms with Crippen LogP contribution in [0.25, 0.3) is 0 Å². The number of allylic oxidation sites excluding steroid dienone is 1. The van der Waals surface area contributed by atoms with Crippen molar-refractivity contribution in [2.24, 2.45) is 29.1 Å². The van der Waals surface area contributed by atoms with Crippen molar-refractivity contribution in [2.45, 2.75) is 67.4 Å². The highest BCUT2D eigenvalue weighted by atomic mass is 16.5. The Balaban J connectivity index is 2.21. The van der Waals surface area contributed by atoms with Crippen molar-refractivity contribution in [3.63, 3.8) is 0 Å². The average molecular weight is 471 g/mol. The zero-order valence-electron chi connectivity index (χ0n) is 21.4. The van der Waals surface area contributed by atoms with Gasteiger partial charge in [-0.2, -0.15) is 0 Å². The van der Waals surface area contributed by atoms with E-state index in [9.17, 15) is 19.2 Å². The van der Waals surface area contributed by atoms with E-state index in [2.05, 4.69) is 0 Å². The second kappa shape index (κ2) is 11.6. The third-order valence-corrected chi connectivity index (χ3v) is 7.09. The van der Waals surface area contributed by atoms with E-state index in [1.54, 1.807) is 44.2 Å². The van der Waals surface area contributed by atoms with Crippen molar-refractivity contribution in [1.82, 2.24) is 0 Å². The Morgan fingerprint density at radius 3 is 2.21 bits per heavy atom. The van der Waals surface area contributed by atoms with E-state index in [1.807, 2.05) is 33.8 Å². The number of Topliss-reactive ketones (excluding diaryl/α,β-unsaturated/α-hetero) is 1. The first kappa shape index (κ1) is 27.5. The minimum atomic E-state index is -0.797. The number of hydrogen-bond acceptors (Lipinski definition) is 6. The first-order valence-corrected chi connectivity index (χ1v) is 12.1. The Morgan fingerprint density at radius 2 is 1.65 bits per heavy atom. The molecule has 0 N–H and O–H groups in total. The van der Waals surface area contributed by atoms with Crippen LogP contribution in [-0.4, -0.2) is 36.2 Å². The molecule has 0 bridgehead atoms. The normalized spacial score (nSPS) is 22.6. The Labute approximate surface area is 203 Å². The number of carbonyl (C=O) groups is 4. The monoisotopic (exact) mass is 470 g/mol. The van der Waals surface area contributed by atoms with Gasteiger partial charge in [-0.3, -0.25) is 14.4 Å². The molecule has 186 valence electrons. The molecule has 1 aromatic rings. The largest absolute Gasteiger partial charge is 0.466 e. The minimum absolute atomic E-state index is 0.0146. The summed E-state index contributed by atoms with van der Waals surface area (Å²) in [6.07, 6.45) is 1.90. The van der Waals surface area contributed by atoms with Crippen molar-refractivity contribution in [1.29, 1.82) is 0 Å². The number of ketones is 2. The van der Waals surface area contributed by atoms with Gasteiger partial charge in [0.15, 0.2) is 5.78 Å². The Kier molecular flexibility index (Phi) is 9.37. The minimum Gasteiger partial charge on any atom is -0.466 e. The van der Waals surface area contributed by atoms with Gasteiger partial charge in [-0.05, 0) is 43.4 Å². The molecule has 0 fully saturated rings. The summed E-state index contributed by atoms with van der Waals surface area (Å²) in [5.74, 6) is -1.95. The Hall–Kier alpha value is -2.76. The lowest BCUT2D eigenvalue weighted by Gasteiger charge is -2.42. The van der Waals surface area contributed by atoms with Crippen LogP contribution >= 0.6 is 0 Å². The quantitative estimate of drug-likeness (QED) is 0.413. The zero-order chi connectivity index (χ0) is 25.6. The summed E-state index contributed by atoms with van der Waals surface area (Å²) >= 11 is 0. The Morgan fingerprint density at radius 1 is 1.03 bits per heavy atom. The topological polar surface area (TPSA) is 86.7 Å². The predicted molar refractivity (Wildman–Crippen MR) is 130 cm³/mol. The standard InChI is InChI=1S/C28H38O6/c1-17(2)23-15-25(31)26(19(4)24(30)14-13-18(3)16-33-21(6)29)28(23,7)20(5)34-27(32)22-11-9-8-10-12-22/h8-12,15,17-20,26H,13-14,16H2,1-7H3/t18-,19-,20-,26+,28+/m1/s1. The predicted octanol–water partition coefficient (Wildman–Crippen LogP) is 5.20. The second-order valence-electron chi connectivity index (χ2n) is 10.0. The van der Waals surface area contributed by atoms with E-state index in [0.29, 0.717) is 18.4 Å². The van der Waals surface area contributed by atoms with Crippen LogP contribution in [-0.2, 0) is 23.9 Å². The van der Waals surface area contributed by atoms with E-state index in [1.165, 1.54) is 6.92 Å². The van der Waals surface area contributed by atoms with E-state index < -0.39 is 29.3 Å². The maximum Gasteiger partial charge on any atom is 0.338 e. The highest BCUT2D eigenvalue weighted by molar-refractivity contribution is 6.00. The third kappa shape index (κ3) is 6.22. The van der Waals surface area contributed by atoms with Gasteiger partial charge in [0.25, 0.3) is 0 Å². The number of esters is 2. The van der Waals surface area contributed by atoms with Crippen molar-refractivity contribution >= 4 is 23.5 Å². The zero-order valence-corrected chi connectivity index (χ0v) is 21.4. The van der Waals surface area contributed by atoms with Crippen LogP contribution in [0, 0.1) is 29.1 Å². The lowest BCUT2D eigenvalue weighted by molar-refractivity contribution is -0.142. The van der Waals surface area contributed by atoms with Gasteiger partial charge in [-0.1, -0.05) is 58.4 Å². The maximum absolute atomic E-state index is 13.2. The number of carbonyl (C=O) groups excluding carboxylic acids is 4. The molecule has 0 spiro atoms. The fourth-order valence-electron chi connectivity index (χ4n) is 4.99. The van der Waals surface area contributed by atoms with E-state index >= 15 is 0 Å². The number of ether oxygens (including phenoxy) is 2. The molecule has 0 saturated heterocycles. The summed E-state index contributed by atoms with van der Waals surface area (Å²) in [6, 6.07) is 8.75. The molecule has 0 heterocycles. The van der Waals surface area contributed by atoms with Crippen molar-refractivity contribution in [3.8, 4) is 0 Å². The van der Waals surface area contributed by atoms with Gasteiger partial charge in [0.1, 0.15) is 11.9 Å². The summed E-state index contributed by atoms with van der Waals surface area (Å²) in [7, 11) is 0. The molecule has 1 aliphatic rings. The molecular weight excluding hydrogens is 432 g/mol. The van der Waals surface area contributed by atoms with Crippen molar-refractivity contribution in [2.75, 3.05) is 6.61 Å². The third-order valence-electron chi connectivity index (χ3n) is 7.09. The lowest BCUT2D eigenvalue weighted by atomic mass is 9.63. The van der Waals surface area contributed by atoms with Gasteiger partial charge in [0.05, 0.1) is 12.2 Å². The number of benzene rings is 1. The highest BCUT2D eigenvalue weighted by Gasteiger charge is 2.54. The van der Waals surface area contributed by atoms with Crippen molar-refractivity contribution in [3.05, 3.63) is 47.5 Å². The van der Waals surface area contributed by atoms with Gasteiger partial charge in [-0.25, -0.2) is 4.79 Å². The first-order valence-electron chi connectivity index (χ1n) is 12.1. The molecule has 0 aliphatic heterocycles. The van der Waals surface area contributed by atoms with Crippen LogP contribution in [0.3, 0.4) is 0 Å². The molecule has 2 rings (SSSR count). The Bertz CT molecular complexity index is 931.